The molecule has 1 unspecified atom stereocenters. The topological polar surface area (TPSA) is 0 Å². The maximum absolute atomic E-state index is 6.51. The fraction of sp³-hybridized carbons (Fsp3) is 1.00. The van der Waals surface area contributed by atoms with Crippen molar-refractivity contribution >= 4 is 23.2 Å². The Morgan fingerprint density at radius 1 is 0.941 bits per heavy atom. The molecule has 0 aliphatic rings. The van der Waals surface area contributed by atoms with Gasteiger partial charge in [-0.15, -0.1) is 23.2 Å². The molecule has 0 aromatic rings. The summed E-state index contributed by atoms with van der Waals surface area (Å²) in [5, 5.41) is 0.303. The number of hydrogen-bond acceptors (Lipinski definition) is 0. The first kappa shape index (κ1) is 17.6. The molecule has 0 saturated carbocycles. The molecule has 1 atom stereocenters. The summed E-state index contributed by atoms with van der Waals surface area (Å²) in [4.78, 5) is 0. The van der Waals surface area contributed by atoms with Gasteiger partial charge >= 0.3 is 0 Å². The highest BCUT2D eigenvalue weighted by Gasteiger charge is 2.26. The van der Waals surface area contributed by atoms with Crippen molar-refractivity contribution in [3.05, 3.63) is 0 Å². The van der Waals surface area contributed by atoms with Crippen LogP contribution in [-0.4, -0.2) is 11.3 Å². The minimum absolute atomic E-state index is 0.236. The van der Waals surface area contributed by atoms with Gasteiger partial charge in [-0.3, -0.25) is 0 Å². The molecule has 0 bridgehead atoms. The third-order valence-corrected chi connectivity index (χ3v) is 4.69. The summed E-state index contributed by atoms with van der Waals surface area (Å²) in [5.74, 6) is 0.754. The Morgan fingerprint density at radius 2 is 1.53 bits per heavy atom. The van der Waals surface area contributed by atoms with E-state index in [4.69, 9.17) is 23.2 Å². The standard InChI is InChI=1S/C15H30Cl2/c1-4-5-6-7-8-9-11-14(17)15(2,3)12-10-13-16/h14H,4-13H2,1-3H3. The highest BCUT2D eigenvalue weighted by molar-refractivity contribution is 6.21. The lowest BCUT2D eigenvalue weighted by Crippen LogP contribution is -2.24. The Hall–Kier alpha value is 0.580. The molecule has 17 heavy (non-hydrogen) atoms. The van der Waals surface area contributed by atoms with Gasteiger partial charge < -0.3 is 0 Å². The first-order chi connectivity index (χ1) is 8.04. The molecule has 0 rings (SSSR count). The predicted molar refractivity (Wildman–Crippen MR) is 81.4 cm³/mol. The average molecular weight is 281 g/mol. The van der Waals surface area contributed by atoms with Gasteiger partial charge in [-0.05, 0) is 24.7 Å². The molecule has 104 valence electrons. The largest absolute Gasteiger partial charge is 0.127 e. The smallest absolute Gasteiger partial charge is 0.0387 e. The van der Waals surface area contributed by atoms with E-state index in [1.807, 2.05) is 0 Å². The van der Waals surface area contributed by atoms with Crippen molar-refractivity contribution in [3.63, 3.8) is 0 Å². The molecule has 0 nitrogen and oxygen atoms in total. The van der Waals surface area contributed by atoms with E-state index < -0.39 is 0 Å². The highest BCUT2D eigenvalue weighted by Crippen LogP contribution is 2.34. The highest BCUT2D eigenvalue weighted by atomic mass is 35.5. The van der Waals surface area contributed by atoms with Crippen LogP contribution in [0.1, 0.15) is 78.6 Å². The van der Waals surface area contributed by atoms with Crippen LogP contribution in [0.2, 0.25) is 0 Å². The molecule has 0 heterocycles. The first-order valence-electron chi connectivity index (χ1n) is 7.24. The Balaban J connectivity index is 3.58. The van der Waals surface area contributed by atoms with Crippen molar-refractivity contribution in [1.82, 2.24) is 0 Å². The van der Waals surface area contributed by atoms with Crippen LogP contribution in [0.3, 0.4) is 0 Å². The second kappa shape index (κ2) is 10.5. The Bertz CT molecular complexity index is 166. The first-order valence-corrected chi connectivity index (χ1v) is 8.21. The fourth-order valence-electron chi connectivity index (χ4n) is 2.17. The SMILES string of the molecule is CCCCCCCCC(Cl)C(C)(C)CCCCl. The zero-order valence-corrected chi connectivity index (χ0v) is 13.4. The summed E-state index contributed by atoms with van der Waals surface area (Å²) >= 11 is 12.2. The number of alkyl halides is 2. The molecule has 0 amide bonds. The van der Waals surface area contributed by atoms with Crippen LogP contribution in [0.5, 0.6) is 0 Å². The lowest BCUT2D eigenvalue weighted by Gasteiger charge is -2.30. The molecule has 0 aliphatic carbocycles. The van der Waals surface area contributed by atoms with E-state index in [1.54, 1.807) is 0 Å². The second-order valence-electron chi connectivity index (χ2n) is 5.81. The normalized spacial score (nSPS) is 13.9. The third-order valence-electron chi connectivity index (χ3n) is 3.61. The van der Waals surface area contributed by atoms with Gasteiger partial charge in [0, 0.05) is 11.3 Å². The second-order valence-corrected chi connectivity index (χ2v) is 6.71. The summed E-state index contributed by atoms with van der Waals surface area (Å²) in [5.41, 5.74) is 0.236. The molecule has 0 saturated heterocycles. The predicted octanol–water partition coefficient (Wildman–Crippen LogP) is 6.39. The zero-order valence-electron chi connectivity index (χ0n) is 11.9. The Kier molecular flexibility index (Phi) is 10.9. The molecule has 0 radical (unpaired) electrons. The molecule has 0 aromatic heterocycles. The summed E-state index contributed by atoms with van der Waals surface area (Å²) in [6, 6.07) is 0. The van der Waals surface area contributed by atoms with E-state index in [0.29, 0.717) is 5.38 Å². The summed E-state index contributed by atoms with van der Waals surface area (Å²) in [7, 11) is 0. The monoisotopic (exact) mass is 280 g/mol. The summed E-state index contributed by atoms with van der Waals surface area (Å²) in [6.45, 7) is 6.80. The molecule has 0 aromatic carbocycles. The van der Waals surface area contributed by atoms with Gasteiger partial charge in [0.2, 0.25) is 0 Å². The quantitative estimate of drug-likeness (QED) is 0.304. The molecule has 0 spiro atoms. The minimum Gasteiger partial charge on any atom is -0.127 e. The van der Waals surface area contributed by atoms with Gasteiger partial charge in [0.25, 0.3) is 0 Å². The van der Waals surface area contributed by atoms with E-state index in [1.165, 1.54) is 38.5 Å². The van der Waals surface area contributed by atoms with E-state index in [9.17, 15) is 0 Å². The van der Waals surface area contributed by atoms with Crippen LogP contribution in [-0.2, 0) is 0 Å². The molecular formula is C15H30Cl2. The van der Waals surface area contributed by atoms with E-state index in [2.05, 4.69) is 20.8 Å². The number of rotatable bonds is 11. The molecule has 2 heteroatoms. The Labute approximate surface area is 118 Å². The lowest BCUT2D eigenvalue weighted by atomic mass is 9.82. The van der Waals surface area contributed by atoms with Gasteiger partial charge in [0.1, 0.15) is 0 Å². The van der Waals surface area contributed by atoms with Crippen molar-refractivity contribution < 1.29 is 0 Å². The van der Waals surface area contributed by atoms with Crippen LogP contribution in [0.15, 0.2) is 0 Å². The fourth-order valence-corrected chi connectivity index (χ4v) is 2.57. The van der Waals surface area contributed by atoms with Gasteiger partial charge in [0.05, 0.1) is 0 Å². The zero-order chi connectivity index (χ0) is 13.1. The average Bonchev–Trinajstić information content (AvgIpc) is 2.30. The third kappa shape index (κ3) is 9.19. The van der Waals surface area contributed by atoms with Crippen molar-refractivity contribution in [3.8, 4) is 0 Å². The van der Waals surface area contributed by atoms with Crippen molar-refractivity contribution in [2.45, 2.75) is 83.9 Å². The number of unbranched alkanes of at least 4 members (excludes halogenated alkanes) is 5. The maximum Gasteiger partial charge on any atom is 0.0387 e. The maximum atomic E-state index is 6.51. The van der Waals surface area contributed by atoms with E-state index in [-0.39, 0.29) is 5.41 Å². The molecule has 0 fully saturated rings. The molecule has 0 N–H and O–H groups in total. The van der Waals surface area contributed by atoms with Crippen LogP contribution in [0, 0.1) is 5.41 Å². The van der Waals surface area contributed by atoms with Crippen LogP contribution in [0.4, 0.5) is 0 Å². The number of halogens is 2. The summed E-state index contributed by atoms with van der Waals surface area (Å²) in [6.07, 6.45) is 11.5. The van der Waals surface area contributed by atoms with Crippen molar-refractivity contribution in [2.75, 3.05) is 5.88 Å². The van der Waals surface area contributed by atoms with Gasteiger partial charge in [-0.2, -0.15) is 0 Å². The molecule has 0 aliphatic heterocycles. The Morgan fingerprint density at radius 3 is 2.12 bits per heavy atom. The van der Waals surface area contributed by atoms with Gasteiger partial charge in [-0.25, -0.2) is 0 Å². The van der Waals surface area contributed by atoms with Crippen LogP contribution >= 0.6 is 23.2 Å². The van der Waals surface area contributed by atoms with Crippen molar-refractivity contribution in [2.24, 2.45) is 5.41 Å². The van der Waals surface area contributed by atoms with Gasteiger partial charge in [0.15, 0.2) is 0 Å². The van der Waals surface area contributed by atoms with Crippen molar-refractivity contribution in [1.29, 1.82) is 0 Å². The van der Waals surface area contributed by atoms with Crippen LogP contribution < -0.4 is 0 Å². The van der Waals surface area contributed by atoms with Gasteiger partial charge in [-0.1, -0.05) is 59.3 Å². The van der Waals surface area contributed by atoms with E-state index in [0.717, 1.165) is 25.1 Å². The van der Waals surface area contributed by atoms with Crippen LogP contribution in [0.25, 0.3) is 0 Å². The molecular weight excluding hydrogens is 251 g/mol. The lowest BCUT2D eigenvalue weighted by molar-refractivity contribution is 0.299. The van der Waals surface area contributed by atoms with E-state index >= 15 is 0 Å². The number of hydrogen-bond donors (Lipinski definition) is 0. The minimum atomic E-state index is 0.236. The summed E-state index contributed by atoms with van der Waals surface area (Å²) < 4.78 is 0.